The lowest BCUT2D eigenvalue weighted by Gasteiger charge is -2.26. The standard InChI is InChI=1S/C12H19ClN4O2/c1-8-5-9(16-11(13)15-8)10(18)14-6-12(2,19)7-17(3)4/h5,19H,6-7H2,1-4H3,(H,14,18). The zero-order valence-corrected chi connectivity index (χ0v) is 12.3. The first kappa shape index (κ1) is 15.8. The Morgan fingerprint density at radius 3 is 2.68 bits per heavy atom. The fourth-order valence-corrected chi connectivity index (χ4v) is 1.97. The van der Waals surface area contributed by atoms with Crippen molar-refractivity contribution in [2.75, 3.05) is 27.2 Å². The van der Waals surface area contributed by atoms with Crippen LogP contribution in [0.4, 0.5) is 0 Å². The minimum atomic E-state index is -1.01. The third-order valence-electron chi connectivity index (χ3n) is 2.35. The van der Waals surface area contributed by atoms with Crippen LogP contribution in [-0.2, 0) is 0 Å². The Bertz CT molecular complexity index is 443. The maximum Gasteiger partial charge on any atom is 0.270 e. The highest BCUT2D eigenvalue weighted by Crippen LogP contribution is 2.07. The van der Waals surface area contributed by atoms with Gasteiger partial charge in [0.1, 0.15) is 5.69 Å². The summed E-state index contributed by atoms with van der Waals surface area (Å²) in [4.78, 5) is 21.5. The number of halogens is 1. The van der Waals surface area contributed by atoms with Gasteiger partial charge in [-0.3, -0.25) is 4.79 Å². The Morgan fingerprint density at radius 1 is 1.53 bits per heavy atom. The normalized spacial score (nSPS) is 14.3. The van der Waals surface area contributed by atoms with Crippen LogP contribution in [0.5, 0.6) is 0 Å². The van der Waals surface area contributed by atoms with E-state index in [1.165, 1.54) is 0 Å². The third-order valence-corrected chi connectivity index (χ3v) is 2.52. The minimum Gasteiger partial charge on any atom is -0.387 e. The van der Waals surface area contributed by atoms with Gasteiger partial charge in [-0.15, -0.1) is 0 Å². The first-order valence-electron chi connectivity index (χ1n) is 5.86. The van der Waals surface area contributed by atoms with Gasteiger partial charge < -0.3 is 15.3 Å². The molecule has 0 aromatic carbocycles. The lowest BCUT2D eigenvalue weighted by atomic mass is 10.1. The van der Waals surface area contributed by atoms with Crippen LogP contribution in [0.3, 0.4) is 0 Å². The van der Waals surface area contributed by atoms with Gasteiger partial charge in [-0.25, -0.2) is 9.97 Å². The number of amides is 1. The van der Waals surface area contributed by atoms with Crippen molar-refractivity contribution in [1.82, 2.24) is 20.2 Å². The van der Waals surface area contributed by atoms with E-state index in [1.54, 1.807) is 19.9 Å². The van der Waals surface area contributed by atoms with E-state index in [9.17, 15) is 9.90 Å². The van der Waals surface area contributed by atoms with Crippen molar-refractivity contribution in [3.63, 3.8) is 0 Å². The summed E-state index contributed by atoms with van der Waals surface area (Å²) >= 11 is 5.69. The van der Waals surface area contributed by atoms with E-state index in [4.69, 9.17) is 11.6 Å². The summed E-state index contributed by atoms with van der Waals surface area (Å²) in [6.45, 7) is 3.96. The molecule has 106 valence electrons. The molecule has 0 aliphatic rings. The fourth-order valence-electron chi connectivity index (χ4n) is 1.75. The number of carbonyl (C=O) groups excluding carboxylic acids is 1. The van der Waals surface area contributed by atoms with Gasteiger partial charge in [0.05, 0.1) is 5.60 Å². The second-order valence-corrected chi connectivity index (χ2v) is 5.42. The zero-order chi connectivity index (χ0) is 14.6. The van der Waals surface area contributed by atoms with Crippen molar-refractivity contribution in [3.8, 4) is 0 Å². The summed E-state index contributed by atoms with van der Waals surface area (Å²) < 4.78 is 0. The number of hydrogen-bond acceptors (Lipinski definition) is 5. The predicted molar refractivity (Wildman–Crippen MR) is 73.3 cm³/mol. The topological polar surface area (TPSA) is 78.4 Å². The number of carbonyl (C=O) groups is 1. The molecule has 1 atom stereocenters. The molecular formula is C12H19ClN4O2. The fraction of sp³-hybridized carbons (Fsp3) is 0.583. The molecule has 6 nitrogen and oxygen atoms in total. The van der Waals surface area contributed by atoms with E-state index < -0.39 is 5.60 Å². The summed E-state index contributed by atoms with van der Waals surface area (Å²) in [6.07, 6.45) is 0. The first-order valence-corrected chi connectivity index (χ1v) is 6.24. The lowest BCUT2D eigenvalue weighted by Crippen LogP contribution is -2.47. The average Bonchev–Trinajstić information content (AvgIpc) is 2.22. The molecule has 1 unspecified atom stereocenters. The van der Waals surface area contributed by atoms with Gasteiger partial charge in [-0.05, 0) is 45.6 Å². The molecular weight excluding hydrogens is 268 g/mol. The molecule has 1 heterocycles. The van der Waals surface area contributed by atoms with E-state index in [0.717, 1.165) is 0 Å². The molecule has 0 saturated heterocycles. The monoisotopic (exact) mass is 286 g/mol. The number of aryl methyl sites for hydroxylation is 1. The zero-order valence-electron chi connectivity index (χ0n) is 11.6. The number of nitrogens with zero attached hydrogens (tertiary/aromatic N) is 3. The molecule has 0 radical (unpaired) electrons. The summed E-state index contributed by atoms with van der Waals surface area (Å²) in [5, 5.41) is 12.7. The molecule has 1 aromatic heterocycles. The summed E-state index contributed by atoms with van der Waals surface area (Å²) in [5.41, 5.74) is -0.200. The maximum absolute atomic E-state index is 11.9. The molecule has 1 aromatic rings. The molecule has 0 bridgehead atoms. The van der Waals surface area contributed by atoms with Crippen LogP contribution in [0.1, 0.15) is 23.1 Å². The number of nitrogens with one attached hydrogen (secondary N) is 1. The molecule has 1 rings (SSSR count). The predicted octanol–water partition coefficient (Wildman–Crippen LogP) is 0.481. The first-order chi connectivity index (χ1) is 8.69. The third kappa shape index (κ3) is 5.50. The largest absolute Gasteiger partial charge is 0.387 e. The maximum atomic E-state index is 11.9. The molecule has 1 amide bonds. The van der Waals surface area contributed by atoms with Crippen LogP contribution in [-0.4, -0.2) is 58.7 Å². The molecule has 0 aliphatic heterocycles. The van der Waals surface area contributed by atoms with Gasteiger partial charge in [0.25, 0.3) is 5.91 Å². The quantitative estimate of drug-likeness (QED) is 0.770. The van der Waals surface area contributed by atoms with E-state index >= 15 is 0 Å². The van der Waals surface area contributed by atoms with Crippen molar-refractivity contribution in [2.24, 2.45) is 0 Å². The van der Waals surface area contributed by atoms with Crippen LogP contribution in [0.25, 0.3) is 0 Å². The van der Waals surface area contributed by atoms with Gasteiger partial charge in [0.2, 0.25) is 5.28 Å². The Labute approximate surface area is 117 Å². The second-order valence-electron chi connectivity index (χ2n) is 5.08. The summed E-state index contributed by atoms with van der Waals surface area (Å²) in [5.74, 6) is -0.383. The number of likely N-dealkylation sites (N-methyl/N-ethyl adjacent to an activating group) is 1. The van der Waals surface area contributed by atoms with E-state index in [0.29, 0.717) is 12.2 Å². The number of aliphatic hydroxyl groups is 1. The SMILES string of the molecule is Cc1cc(C(=O)NCC(C)(O)CN(C)C)nc(Cl)n1. The molecule has 0 fully saturated rings. The van der Waals surface area contributed by atoms with Crippen LogP contribution < -0.4 is 5.32 Å². The smallest absolute Gasteiger partial charge is 0.270 e. The Kier molecular flexibility index (Phi) is 5.22. The van der Waals surface area contributed by atoms with Gasteiger partial charge in [0, 0.05) is 18.8 Å². The summed E-state index contributed by atoms with van der Waals surface area (Å²) in [6, 6.07) is 1.54. The molecule has 19 heavy (non-hydrogen) atoms. The van der Waals surface area contributed by atoms with Gasteiger partial charge >= 0.3 is 0 Å². The molecule has 7 heteroatoms. The molecule has 0 saturated carbocycles. The molecule has 0 aliphatic carbocycles. The Balaban J connectivity index is 2.65. The summed E-state index contributed by atoms with van der Waals surface area (Å²) in [7, 11) is 3.70. The highest BCUT2D eigenvalue weighted by molar-refractivity contribution is 6.28. The van der Waals surface area contributed by atoms with Crippen LogP contribution in [0, 0.1) is 6.92 Å². The average molecular weight is 287 g/mol. The highest BCUT2D eigenvalue weighted by Gasteiger charge is 2.22. The minimum absolute atomic E-state index is 0.0326. The van der Waals surface area contributed by atoms with Crippen molar-refractivity contribution in [1.29, 1.82) is 0 Å². The molecule has 2 N–H and O–H groups in total. The van der Waals surface area contributed by atoms with Gasteiger partial charge in [-0.2, -0.15) is 0 Å². The van der Waals surface area contributed by atoms with Gasteiger partial charge in [0.15, 0.2) is 0 Å². The number of aromatic nitrogens is 2. The van der Waals surface area contributed by atoms with Crippen LogP contribution in [0.15, 0.2) is 6.07 Å². The van der Waals surface area contributed by atoms with Crippen LogP contribution >= 0.6 is 11.6 Å². The van der Waals surface area contributed by atoms with Crippen molar-refractivity contribution >= 4 is 17.5 Å². The Morgan fingerprint density at radius 2 is 2.16 bits per heavy atom. The van der Waals surface area contributed by atoms with Crippen molar-refractivity contribution in [3.05, 3.63) is 22.7 Å². The highest BCUT2D eigenvalue weighted by atomic mass is 35.5. The second kappa shape index (κ2) is 6.27. The number of rotatable bonds is 5. The Hall–Kier alpha value is -1.24. The van der Waals surface area contributed by atoms with Crippen LogP contribution in [0.2, 0.25) is 5.28 Å². The van der Waals surface area contributed by atoms with E-state index in [-0.39, 0.29) is 23.4 Å². The molecule has 0 spiro atoms. The van der Waals surface area contributed by atoms with Crippen molar-refractivity contribution < 1.29 is 9.90 Å². The number of hydrogen-bond donors (Lipinski definition) is 2. The van der Waals surface area contributed by atoms with E-state index in [2.05, 4.69) is 15.3 Å². The van der Waals surface area contributed by atoms with Crippen molar-refractivity contribution in [2.45, 2.75) is 19.4 Å². The van der Waals surface area contributed by atoms with Gasteiger partial charge in [-0.1, -0.05) is 0 Å². The van der Waals surface area contributed by atoms with E-state index in [1.807, 2.05) is 19.0 Å². The lowest BCUT2D eigenvalue weighted by molar-refractivity contribution is 0.0325.